The van der Waals surface area contributed by atoms with Crippen molar-refractivity contribution in [3.63, 3.8) is 0 Å². The van der Waals surface area contributed by atoms with Crippen LogP contribution in [0.1, 0.15) is 32.6 Å². The zero-order valence-corrected chi connectivity index (χ0v) is 10.1. The molecule has 6 nitrogen and oxygen atoms in total. The Bertz CT molecular complexity index is 265. The summed E-state index contributed by atoms with van der Waals surface area (Å²) in [5, 5.41) is 0. The molecular weight excluding hydrogens is 228 g/mol. The molecule has 98 valence electrons. The smallest absolute Gasteiger partial charge is 0.438 e. The fourth-order valence-electron chi connectivity index (χ4n) is 1.79. The molecule has 1 rings (SSSR count). The first-order valence-electron chi connectivity index (χ1n) is 5.73. The van der Waals surface area contributed by atoms with Gasteiger partial charge < -0.3 is 18.9 Å². The first-order chi connectivity index (χ1) is 8.15. The first kappa shape index (κ1) is 13.6. The molecule has 0 aromatic carbocycles. The van der Waals surface area contributed by atoms with Gasteiger partial charge in [0.1, 0.15) is 12.2 Å². The van der Waals surface area contributed by atoms with E-state index in [0.29, 0.717) is 6.42 Å². The summed E-state index contributed by atoms with van der Waals surface area (Å²) < 4.78 is 19.2. The molecule has 0 bridgehead atoms. The molecule has 0 aliphatic heterocycles. The maximum Gasteiger partial charge on any atom is 0.508 e. The number of hydrogen-bond acceptors (Lipinski definition) is 6. The van der Waals surface area contributed by atoms with Crippen LogP contribution in [-0.2, 0) is 18.9 Å². The van der Waals surface area contributed by atoms with Gasteiger partial charge in [-0.2, -0.15) is 0 Å². The summed E-state index contributed by atoms with van der Waals surface area (Å²) in [6, 6.07) is 0. The maximum absolute atomic E-state index is 11.1. The lowest BCUT2D eigenvalue weighted by Gasteiger charge is -2.27. The molecule has 0 radical (unpaired) electrons. The second-order valence-corrected chi connectivity index (χ2v) is 3.78. The molecule has 0 saturated heterocycles. The monoisotopic (exact) mass is 246 g/mol. The summed E-state index contributed by atoms with van der Waals surface area (Å²) >= 11 is 0. The Hall–Kier alpha value is -1.46. The molecule has 6 heteroatoms. The van der Waals surface area contributed by atoms with E-state index in [4.69, 9.17) is 9.47 Å². The summed E-state index contributed by atoms with van der Waals surface area (Å²) in [6.07, 6.45) is 0.980. The van der Waals surface area contributed by atoms with Crippen molar-refractivity contribution in [2.24, 2.45) is 0 Å². The Kier molecular flexibility index (Phi) is 5.59. The number of methoxy groups -OCH3 is 1. The van der Waals surface area contributed by atoms with E-state index in [1.54, 1.807) is 6.92 Å². The van der Waals surface area contributed by atoms with Crippen LogP contribution in [0.25, 0.3) is 0 Å². The fraction of sp³-hybridized carbons (Fsp3) is 0.818. The van der Waals surface area contributed by atoms with Crippen LogP contribution in [-0.4, -0.2) is 38.2 Å². The summed E-state index contributed by atoms with van der Waals surface area (Å²) in [4.78, 5) is 22.1. The Balaban J connectivity index is 2.33. The van der Waals surface area contributed by atoms with Crippen molar-refractivity contribution in [2.45, 2.75) is 44.8 Å². The second-order valence-electron chi connectivity index (χ2n) is 3.78. The van der Waals surface area contributed by atoms with Crippen LogP contribution in [0.3, 0.4) is 0 Å². The van der Waals surface area contributed by atoms with Crippen LogP contribution < -0.4 is 0 Å². The number of rotatable bonds is 3. The molecule has 0 N–H and O–H groups in total. The van der Waals surface area contributed by atoms with Gasteiger partial charge in [-0.05, 0) is 26.2 Å². The standard InChI is InChI=1S/C11H18O6/c1-3-15-11(13)17-9-6-4-5-8(7-9)16-10(12)14-2/h8-9H,3-7H2,1-2H3. The van der Waals surface area contributed by atoms with Crippen LogP contribution in [0.4, 0.5) is 9.59 Å². The Labute approximate surface area is 100 Å². The minimum absolute atomic E-state index is 0.252. The lowest BCUT2D eigenvalue weighted by Crippen LogP contribution is -2.31. The molecule has 0 spiro atoms. The van der Waals surface area contributed by atoms with Gasteiger partial charge in [-0.3, -0.25) is 0 Å². The average molecular weight is 246 g/mol. The van der Waals surface area contributed by atoms with Crippen LogP contribution in [0, 0.1) is 0 Å². The van der Waals surface area contributed by atoms with Crippen molar-refractivity contribution < 1.29 is 28.5 Å². The first-order valence-corrected chi connectivity index (χ1v) is 5.73. The molecule has 2 atom stereocenters. The lowest BCUT2D eigenvalue weighted by atomic mass is 9.95. The van der Waals surface area contributed by atoms with E-state index in [2.05, 4.69) is 9.47 Å². The molecule has 1 fully saturated rings. The molecule has 0 aromatic rings. The molecule has 0 amide bonds. The highest BCUT2D eigenvalue weighted by atomic mass is 16.7. The van der Waals surface area contributed by atoms with Crippen LogP contribution in [0.15, 0.2) is 0 Å². The summed E-state index contributed by atoms with van der Waals surface area (Å²) in [6.45, 7) is 2.00. The van der Waals surface area contributed by atoms with E-state index in [-0.39, 0.29) is 18.8 Å². The van der Waals surface area contributed by atoms with Crippen LogP contribution in [0.5, 0.6) is 0 Å². The topological polar surface area (TPSA) is 71.1 Å². The van der Waals surface area contributed by atoms with Gasteiger partial charge in [-0.25, -0.2) is 9.59 Å². The van der Waals surface area contributed by atoms with Gasteiger partial charge in [0, 0.05) is 6.42 Å². The Morgan fingerprint density at radius 2 is 1.71 bits per heavy atom. The fourth-order valence-corrected chi connectivity index (χ4v) is 1.79. The normalized spacial score (nSPS) is 23.6. The van der Waals surface area contributed by atoms with Crippen LogP contribution in [0.2, 0.25) is 0 Å². The van der Waals surface area contributed by atoms with Crippen molar-refractivity contribution in [1.82, 2.24) is 0 Å². The van der Waals surface area contributed by atoms with Gasteiger partial charge in [0.15, 0.2) is 0 Å². The zero-order valence-electron chi connectivity index (χ0n) is 10.1. The quantitative estimate of drug-likeness (QED) is 0.711. The Morgan fingerprint density at radius 3 is 2.24 bits per heavy atom. The minimum atomic E-state index is -0.702. The zero-order chi connectivity index (χ0) is 12.7. The molecule has 1 aliphatic rings. The second kappa shape index (κ2) is 6.98. The molecular formula is C11H18O6. The van der Waals surface area contributed by atoms with Gasteiger partial charge in [0.05, 0.1) is 13.7 Å². The molecule has 1 saturated carbocycles. The van der Waals surface area contributed by atoms with Crippen molar-refractivity contribution in [3.05, 3.63) is 0 Å². The molecule has 0 aromatic heterocycles. The number of carbonyl (C=O) groups is 2. The van der Waals surface area contributed by atoms with E-state index in [0.717, 1.165) is 19.3 Å². The highest BCUT2D eigenvalue weighted by Crippen LogP contribution is 2.24. The van der Waals surface area contributed by atoms with Crippen molar-refractivity contribution in [1.29, 1.82) is 0 Å². The molecule has 17 heavy (non-hydrogen) atoms. The molecule has 1 aliphatic carbocycles. The van der Waals surface area contributed by atoms with Crippen molar-refractivity contribution >= 4 is 12.3 Å². The van der Waals surface area contributed by atoms with Gasteiger partial charge in [-0.15, -0.1) is 0 Å². The highest BCUT2D eigenvalue weighted by molar-refractivity contribution is 5.60. The van der Waals surface area contributed by atoms with E-state index < -0.39 is 12.3 Å². The van der Waals surface area contributed by atoms with Crippen LogP contribution >= 0.6 is 0 Å². The maximum atomic E-state index is 11.1. The third kappa shape index (κ3) is 4.93. The Morgan fingerprint density at radius 1 is 1.12 bits per heavy atom. The van der Waals surface area contributed by atoms with Crippen molar-refractivity contribution in [3.8, 4) is 0 Å². The average Bonchev–Trinajstić information content (AvgIpc) is 2.29. The van der Waals surface area contributed by atoms with Gasteiger partial charge >= 0.3 is 12.3 Å². The summed E-state index contributed by atoms with van der Waals surface area (Å²) in [5.41, 5.74) is 0. The third-order valence-electron chi connectivity index (χ3n) is 2.53. The predicted molar refractivity (Wildman–Crippen MR) is 57.6 cm³/mol. The predicted octanol–water partition coefficient (Wildman–Crippen LogP) is 2.25. The van der Waals surface area contributed by atoms with E-state index in [1.807, 2.05) is 0 Å². The highest BCUT2D eigenvalue weighted by Gasteiger charge is 2.27. The number of hydrogen-bond donors (Lipinski definition) is 0. The summed E-state index contributed by atoms with van der Waals surface area (Å²) in [5.74, 6) is 0. The van der Waals surface area contributed by atoms with Gasteiger partial charge in [-0.1, -0.05) is 0 Å². The molecule has 0 heterocycles. The van der Waals surface area contributed by atoms with E-state index in [1.165, 1.54) is 7.11 Å². The molecule has 2 unspecified atom stereocenters. The van der Waals surface area contributed by atoms with Crippen molar-refractivity contribution in [2.75, 3.05) is 13.7 Å². The van der Waals surface area contributed by atoms with Gasteiger partial charge in [0.25, 0.3) is 0 Å². The minimum Gasteiger partial charge on any atom is -0.438 e. The third-order valence-corrected chi connectivity index (χ3v) is 2.53. The van der Waals surface area contributed by atoms with Gasteiger partial charge in [0.2, 0.25) is 0 Å². The number of carbonyl (C=O) groups excluding carboxylic acids is 2. The lowest BCUT2D eigenvalue weighted by molar-refractivity contribution is -0.0300. The van der Waals surface area contributed by atoms with E-state index >= 15 is 0 Å². The van der Waals surface area contributed by atoms with E-state index in [9.17, 15) is 9.59 Å². The summed E-state index contributed by atoms with van der Waals surface area (Å²) in [7, 11) is 1.26. The number of ether oxygens (including phenoxy) is 4. The largest absolute Gasteiger partial charge is 0.508 e. The SMILES string of the molecule is CCOC(=O)OC1CCCC(OC(=O)OC)C1.